The molecule has 1 amide bonds. The molecule has 1 aromatic carbocycles. The quantitative estimate of drug-likeness (QED) is 0.821. The van der Waals surface area contributed by atoms with Gasteiger partial charge < -0.3 is 11.1 Å². The molecular weight excluding hydrogens is 230 g/mol. The van der Waals surface area contributed by atoms with Crippen LogP contribution in [-0.4, -0.2) is 27.4 Å². The molecule has 0 atom stereocenters. The summed E-state index contributed by atoms with van der Waals surface area (Å²) in [6, 6.07) is 7.33. The Morgan fingerprint density at radius 3 is 2.50 bits per heavy atom. The molecule has 0 fully saturated rings. The SMILES string of the molecule is NCCCC(=O)Nc1ccc(-n2nccn2)cc1. The number of hydrogen-bond acceptors (Lipinski definition) is 4. The van der Waals surface area contributed by atoms with Gasteiger partial charge >= 0.3 is 0 Å². The lowest BCUT2D eigenvalue weighted by molar-refractivity contribution is -0.116. The summed E-state index contributed by atoms with van der Waals surface area (Å²) >= 11 is 0. The number of anilines is 1. The Labute approximate surface area is 105 Å². The summed E-state index contributed by atoms with van der Waals surface area (Å²) in [6.07, 6.45) is 4.37. The van der Waals surface area contributed by atoms with Crippen molar-refractivity contribution in [1.82, 2.24) is 15.0 Å². The highest BCUT2D eigenvalue weighted by Crippen LogP contribution is 2.12. The van der Waals surface area contributed by atoms with Gasteiger partial charge in [0.2, 0.25) is 5.91 Å². The molecule has 6 heteroatoms. The molecule has 6 nitrogen and oxygen atoms in total. The van der Waals surface area contributed by atoms with Crippen LogP contribution in [0.5, 0.6) is 0 Å². The molecule has 2 aromatic rings. The predicted octanol–water partition coefficient (Wildman–Crippen LogP) is 0.945. The van der Waals surface area contributed by atoms with Crippen molar-refractivity contribution in [3.05, 3.63) is 36.7 Å². The lowest BCUT2D eigenvalue weighted by Crippen LogP contribution is -2.13. The van der Waals surface area contributed by atoms with Crippen LogP contribution in [0.3, 0.4) is 0 Å². The fraction of sp³-hybridized carbons (Fsp3) is 0.250. The summed E-state index contributed by atoms with van der Waals surface area (Å²) in [5.74, 6) is -0.0228. The molecule has 0 spiro atoms. The summed E-state index contributed by atoms with van der Waals surface area (Å²) in [6.45, 7) is 0.525. The molecule has 0 bridgehead atoms. The van der Waals surface area contributed by atoms with E-state index in [9.17, 15) is 4.79 Å². The van der Waals surface area contributed by atoms with Crippen molar-refractivity contribution in [2.24, 2.45) is 5.73 Å². The third-order valence-electron chi connectivity index (χ3n) is 2.41. The molecule has 0 aliphatic carbocycles. The van der Waals surface area contributed by atoms with E-state index in [-0.39, 0.29) is 5.91 Å². The summed E-state index contributed by atoms with van der Waals surface area (Å²) in [4.78, 5) is 13.0. The van der Waals surface area contributed by atoms with E-state index in [0.717, 1.165) is 11.4 Å². The number of nitrogens with two attached hydrogens (primary N) is 1. The van der Waals surface area contributed by atoms with Gasteiger partial charge in [-0.25, -0.2) is 0 Å². The molecule has 1 heterocycles. The average Bonchev–Trinajstić information content (AvgIpc) is 2.91. The minimum Gasteiger partial charge on any atom is -0.330 e. The maximum Gasteiger partial charge on any atom is 0.224 e. The summed E-state index contributed by atoms with van der Waals surface area (Å²) in [7, 11) is 0. The zero-order valence-electron chi connectivity index (χ0n) is 9.91. The van der Waals surface area contributed by atoms with Crippen molar-refractivity contribution in [3.63, 3.8) is 0 Å². The highest BCUT2D eigenvalue weighted by molar-refractivity contribution is 5.90. The minimum absolute atomic E-state index is 0.0228. The van der Waals surface area contributed by atoms with E-state index in [0.29, 0.717) is 19.4 Å². The number of amides is 1. The highest BCUT2D eigenvalue weighted by Gasteiger charge is 2.02. The number of hydrogen-bond donors (Lipinski definition) is 2. The van der Waals surface area contributed by atoms with E-state index in [4.69, 9.17) is 5.73 Å². The van der Waals surface area contributed by atoms with Crippen molar-refractivity contribution in [2.45, 2.75) is 12.8 Å². The van der Waals surface area contributed by atoms with E-state index in [2.05, 4.69) is 15.5 Å². The second kappa shape index (κ2) is 5.92. The van der Waals surface area contributed by atoms with Gasteiger partial charge in [0.15, 0.2) is 0 Å². The first-order valence-corrected chi connectivity index (χ1v) is 5.76. The van der Waals surface area contributed by atoms with Crippen LogP contribution >= 0.6 is 0 Å². The summed E-state index contributed by atoms with van der Waals surface area (Å²) < 4.78 is 0. The highest BCUT2D eigenvalue weighted by atomic mass is 16.1. The Balaban J connectivity index is 1.98. The zero-order valence-corrected chi connectivity index (χ0v) is 9.91. The molecule has 0 unspecified atom stereocenters. The first-order chi connectivity index (χ1) is 8.79. The Morgan fingerprint density at radius 1 is 1.22 bits per heavy atom. The van der Waals surface area contributed by atoms with Gasteiger partial charge in [-0.2, -0.15) is 15.0 Å². The Hall–Kier alpha value is -2.21. The predicted molar refractivity (Wildman–Crippen MR) is 68.3 cm³/mol. The topological polar surface area (TPSA) is 85.8 Å². The first-order valence-electron chi connectivity index (χ1n) is 5.76. The molecule has 0 saturated carbocycles. The monoisotopic (exact) mass is 245 g/mol. The van der Waals surface area contributed by atoms with Crippen LogP contribution in [0.15, 0.2) is 36.7 Å². The number of nitrogens with one attached hydrogen (secondary N) is 1. The number of benzene rings is 1. The molecule has 0 aliphatic rings. The van der Waals surface area contributed by atoms with Crippen molar-refractivity contribution in [1.29, 1.82) is 0 Å². The normalized spacial score (nSPS) is 10.3. The van der Waals surface area contributed by atoms with Crippen LogP contribution < -0.4 is 11.1 Å². The van der Waals surface area contributed by atoms with Gasteiger partial charge in [-0.15, -0.1) is 0 Å². The minimum atomic E-state index is -0.0228. The number of rotatable bonds is 5. The molecule has 2 rings (SSSR count). The van der Waals surface area contributed by atoms with E-state index in [1.807, 2.05) is 24.3 Å². The molecule has 3 N–H and O–H groups in total. The largest absolute Gasteiger partial charge is 0.330 e. The van der Waals surface area contributed by atoms with Gasteiger partial charge in [0.05, 0.1) is 18.1 Å². The van der Waals surface area contributed by atoms with Crippen LogP contribution in [0.1, 0.15) is 12.8 Å². The van der Waals surface area contributed by atoms with Crippen molar-refractivity contribution in [2.75, 3.05) is 11.9 Å². The van der Waals surface area contributed by atoms with Gasteiger partial charge in [-0.1, -0.05) is 0 Å². The van der Waals surface area contributed by atoms with Gasteiger partial charge in [0, 0.05) is 12.1 Å². The number of carbonyl (C=O) groups is 1. The molecule has 0 aliphatic heterocycles. The molecular formula is C12H15N5O. The van der Waals surface area contributed by atoms with Crippen LogP contribution in [0.4, 0.5) is 5.69 Å². The third-order valence-corrected chi connectivity index (χ3v) is 2.41. The van der Waals surface area contributed by atoms with Gasteiger partial charge in [-0.3, -0.25) is 4.79 Å². The van der Waals surface area contributed by atoms with Crippen LogP contribution in [0, 0.1) is 0 Å². The van der Waals surface area contributed by atoms with Gasteiger partial charge in [0.25, 0.3) is 0 Å². The maximum atomic E-state index is 11.5. The standard InChI is InChI=1S/C12H15N5O/c13-7-1-2-12(18)16-10-3-5-11(6-4-10)17-14-8-9-15-17/h3-6,8-9H,1-2,7,13H2,(H,16,18). The van der Waals surface area contributed by atoms with Crippen LogP contribution in [-0.2, 0) is 4.79 Å². The smallest absolute Gasteiger partial charge is 0.224 e. The third kappa shape index (κ3) is 3.14. The average molecular weight is 245 g/mol. The fourth-order valence-corrected chi connectivity index (χ4v) is 1.51. The molecule has 0 saturated heterocycles. The van der Waals surface area contributed by atoms with Crippen LogP contribution in [0.2, 0.25) is 0 Å². The van der Waals surface area contributed by atoms with E-state index >= 15 is 0 Å². The van der Waals surface area contributed by atoms with E-state index in [1.54, 1.807) is 12.4 Å². The lowest BCUT2D eigenvalue weighted by Gasteiger charge is -2.05. The van der Waals surface area contributed by atoms with Crippen LogP contribution in [0.25, 0.3) is 5.69 Å². The number of aromatic nitrogens is 3. The zero-order chi connectivity index (χ0) is 12.8. The van der Waals surface area contributed by atoms with Crippen molar-refractivity contribution < 1.29 is 4.79 Å². The Bertz CT molecular complexity index is 492. The second-order valence-corrected chi connectivity index (χ2v) is 3.81. The molecule has 0 radical (unpaired) electrons. The summed E-state index contributed by atoms with van der Waals surface area (Å²) in [5, 5.41) is 10.8. The summed E-state index contributed by atoms with van der Waals surface area (Å²) in [5.41, 5.74) is 6.95. The van der Waals surface area contributed by atoms with Crippen molar-refractivity contribution in [3.8, 4) is 5.69 Å². The second-order valence-electron chi connectivity index (χ2n) is 3.81. The Morgan fingerprint density at radius 2 is 1.89 bits per heavy atom. The van der Waals surface area contributed by atoms with Crippen molar-refractivity contribution >= 4 is 11.6 Å². The van der Waals surface area contributed by atoms with E-state index < -0.39 is 0 Å². The number of nitrogens with zero attached hydrogens (tertiary/aromatic N) is 3. The molecule has 18 heavy (non-hydrogen) atoms. The Kier molecular flexibility index (Phi) is 4.03. The number of carbonyl (C=O) groups excluding carboxylic acids is 1. The maximum absolute atomic E-state index is 11.5. The molecule has 94 valence electrons. The fourth-order valence-electron chi connectivity index (χ4n) is 1.51. The van der Waals surface area contributed by atoms with Gasteiger partial charge in [0.1, 0.15) is 0 Å². The van der Waals surface area contributed by atoms with Gasteiger partial charge in [-0.05, 0) is 37.2 Å². The van der Waals surface area contributed by atoms with E-state index in [1.165, 1.54) is 4.80 Å². The lowest BCUT2D eigenvalue weighted by atomic mass is 10.2. The molecule has 1 aromatic heterocycles. The first kappa shape index (κ1) is 12.3.